The molecule has 0 bridgehead atoms. The van der Waals surface area contributed by atoms with E-state index in [-0.39, 0.29) is 12.0 Å². The Morgan fingerprint density at radius 1 is 1.25 bits per heavy atom. The first kappa shape index (κ1) is 16.4. The van der Waals surface area contributed by atoms with Gasteiger partial charge in [0, 0.05) is 19.1 Å². The number of rotatable bonds is 5. The number of nitrogens with one attached hydrogen (secondary N) is 1. The van der Waals surface area contributed by atoms with Crippen LogP contribution in [-0.4, -0.2) is 28.3 Å². The number of nitrogens with zero attached hydrogens (tertiary/aromatic N) is 4. The van der Waals surface area contributed by atoms with Gasteiger partial charge in [0.1, 0.15) is 23.6 Å². The van der Waals surface area contributed by atoms with Crippen LogP contribution in [0.15, 0.2) is 22.7 Å². The summed E-state index contributed by atoms with van der Waals surface area (Å²) in [5, 5.41) is 16.5. The van der Waals surface area contributed by atoms with Crippen LogP contribution < -0.4 is 5.32 Å². The van der Waals surface area contributed by atoms with Gasteiger partial charge in [0.05, 0.1) is 0 Å². The van der Waals surface area contributed by atoms with Crippen molar-refractivity contribution in [2.45, 2.75) is 38.6 Å². The molecule has 0 spiro atoms. The fourth-order valence-electron chi connectivity index (χ4n) is 2.78. The molecule has 7 heteroatoms. The summed E-state index contributed by atoms with van der Waals surface area (Å²) < 4.78 is 11.0. The minimum absolute atomic E-state index is 0.143. The van der Waals surface area contributed by atoms with Gasteiger partial charge in [0.15, 0.2) is 5.82 Å². The molecule has 1 aliphatic rings. The summed E-state index contributed by atoms with van der Waals surface area (Å²) in [5.74, 6) is 2.41. The van der Waals surface area contributed by atoms with E-state index in [1.807, 2.05) is 26.0 Å². The number of aromatic nitrogens is 3. The van der Waals surface area contributed by atoms with Gasteiger partial charge in [-0.2, -0.15) is 10.2 Å². The second kappa shape index (κ2) is 7.41. The van der Waals surface area contributed by atoms with Crippen molar-refractivity contribution in [2.75, 3.05) is 18.5 Å². The normalized spacial score (nSPS) is 16.8. The van der Waals surface area contributed by atoms with E-state index in [4.69, 9.17) is 14.5 Å². The van der Waals surface area contributed by atoms with Gasteiger partial charge in [-0.25, -0.2) is 4.98 Å². The Kier molecular flexibility index (Phi) is 5.06. The summed E-state index contributed by atoms with van der Waals surface area (Å²) in [5.41, 5.74) is 0.374. The number of pyridine rings is 1. The summed E-state index contributed by atoms with van der Waals surface area (Å²) in [4.78, 5) is 8.85. The highest BCUT2D eigenvalue weighted by atomic mass is 16.5. The van der Waals surface area contributed by atoms with Gasteiger partial charge in [0.2, 0.25) is 5.89 Å². The molecule has 3 rings (SSSR count). The van der Waals surface area contributed by atoms with Crippen LogP contribution in [0.4, 0.5) is 5.82 Å². The van der Waals surface area contributed by atoms with Crippen LogP contribution in [-0.2, 0) is 4.74 Å². The van der Waals surface area contributed by atoms with Crippen molar-refractivity contribution >= 4 is 5.82 Å². The van der Waals surface area contributed by atoms with E-state index >= 15 is 0 Å². The minimum Gasteiger partial charge on any atom is -0.381 e. The maximum absolute atomic E-state index is 9.03. The maximum Gasteiger partial charge on any atom is 0.249 e. The minimum atomic E-state index is -0.143. The average molecular weight is 327 g/mol. The van der Waals surface area contributed by atoms with Crippen molar-refractivity contribution in [2.24, 2.45) is 5.92 Å². The van der Waals surface area contributed by atoms with Gasteiger partial charge >= 0.3 is 0 Å². The Balaban J connectivity index is 1.87. The monoisotopic (exact) mass is 327 g/mol. The van der Waals surface area contributed by atoms with Crippen molar-refractivity contribution in [3.05, 3.63) is 35.6 Å². The molecule has 2 aromatic rings. The first-order chi connectivity index (χ1) is 11.7. The molecule has 0 radical (unpaired) electrons. The average Bonchev–Trinajstić information content (AvgIpc) is 3.11. The molecule has 1 saturated heterocycles. The standard InChI is InChI=1S/C17H21N5O2/c1-11(2)16-21-17(24-22-16)15(12-6-8-23-9-7-12)20-14-5-3-4-13(10-18)19-14/h3-5,11-12,15H,6-9H2,1-2H3,(H,19,20). The molecule has 3 heterocycles. The number of ether oxygens (including phenoxy) is 1. The highest BCUT2D eigenvalue weighted by Crippen LogP contribution is 2.32. The largest absolute Gasteiger partial charge is 0.381 e. The van der Waals surface area contributed by atoms with E-state index in [1.54, 1.807) is 6.07 Å². The highest BCUT2D eigenvalue weighted by molar-refractivity contribution is 5.40. The van der Waals surface area contributed by atoms with E-state index in [1.165, 1.54) is 0 Å². The highest BCUT2D eigenvalue weighted by Gasteiger charge is 2.30. The topological polar surface area (TPSA) is 96.9 Å². The molecule has 0 aromatic carbocycles. The van der Waals surface area contributed by atoms with Gasteiger partial charge in [-0.1, -0.05) is 25.1 Å². The molecule has 126 valence electrons. The predicted molar refractivity (Wildman–Crippen MR) is 87.2 cm³/mol. The smallest absolute Gasteiger partial charge is 0.249 e. The molecular weight excluding hydrogens is 306 g/mol. The second-order valence-electron chi connectivity index (χ2n) is 6.24. The van der Waals surface area contributed by atoms with E-state index in [0.717, 1.165) is 26.1 Å². The second-order valence-corrected chi connectivity index (χ2v) is 6.24. The van der Waals surface area contributed by atoms with E-state index in [2.05, 4.69) is 26.5 Å². The third-order valence-corrected chi connectivity index (χ3v) is 4.14. The molecule has 2 aromatic heterocycles. The van der Waals surface area contributed by atoms with Gasteiger partial charge < -0.3 is 14.6 Å². The lowest BCUT2D eigenvalue weighted by atomic mass is 9.91. The van der Waals surface area contributed by atoms with Gasteiger partial charge in [0.25, 0.3) is 0 Å². The van der Waals surface area contributed by atoms with Crippen LogP contribution in [0.5, 0.6) is 0 Å². The zero-order valence-electron chi connectivity index (χ0n) is 13.9. The van der Waals surface area contributed by atoms with Crippen LogP contribution in [0.2, 0.25) is 0 Å². The summed E-state index contributed by atoms with van der Waals surface area (Å²) in [6.45, 7) is 5.51. The first-order valence-electron chi connectivity index (χ1n) is 8.22. The molecule has 1 N–H and O–H groups in total. The third kappa shape index (κ3) is 3.71. The molecule has 1 fully saturated rings. The van der Waals surface area contributed by atoms with Crippen molar-refractivity contribution in [1.29, 1.82) is 5.26 Å². The van der Waals surface area contributed by atoms with Crippen LogP contribution in [0.1, 0.15) is 56.1 Å². The molecule has 0 aliphatic carbocycles. The third-order valence-electron chi connectivity index (χ3n) is 4.14. The van der Waals surface area contributed by atoms with Crippen molar-refractivity contribution < 1.29 is 9.26 Å². The van der Waals surface area contributed by atoms with Crippen LogP contribution >= 0.6 is 0 Å². The van der Waals surface area contributed by atoms with Gasteiger partial charge in [-0.15, -0.1) is 0 Å². The van der Waals surface area contributed by atoms with Crippen molar-refractivity contribution in [3.63, 3.8) is 0 Å². The molecule has 0 saturated carbocycles. The maximum atomic E-state index is 9.03. The van der Waals surface area contributed by atoms with Crippen molar-refractivity contribution in [3.8, 4) is 6.07 Å². The van der Waals surface area contributed by atoms with Gasteiger partial charge in [-0.3, -0.25) is 0 Å². The molecule has 7 nitrogen and oxygen atoms in total. The van der Waals surface area contributed by atoms with Crippen molar-refractivity contribution in [1.82, 2.24) is 15.1 Å². The number of nitriles is 1. The Morgan fingerprint density at radius 2 is 2.04 bits per heavy atom. The Hall–Kier alpha value is -2.46. The van der Waals surface area contributed by atoms with E-state index in [0.29, 0.717) is 29.1 Å². The van der Waals surface area contributed by atoms with Crippen LogP contribution in [0.3, 0.4) is 0 Å². The number of anilines is 1. The van der Waals surface area contributed by atoms with Crippen LogP contribution in [0, 0.1) is 17.2 Å². The number of hydrogen-bond donors (Lipinski definition) is 1. The SMILES string of the molecule is CC(C)c1noc(C(Nc2cccc(C#N)n2)C2CCOCC2)n1. The number of hydrogen-bond acceptors (Lipinski definition) is 7. The lowest BCUT2D eigenvalue weighted by Crippen LogP contribution is -2.27. The van der Waals surface area contributed by atoms with Crippen LogP contribution in [0.25, 0.3) is 0 Å². The summed E-state index contributed by atoms with van der Waals surface area (Å²) in [6, 6.07) is 7.24. The summed E-state index contributed by atoms with van der Waals surface area (Å²) >= 11 is 0. The Bertz CT molecular complexity index is 716. The molecule has 1 atom stereocenters. The summed E-state index contributed by atoms with van der Waals surface area (Å²) in [6.07, 6.45) is 1.82. The molecule has 0 amide bonds. The summed E-state index contributed by atoms with van der Waals surface area (Å²) in [7, 11) is 0. The predicted octanol–water partition coefficient (Wildman–Crippen LogP) is 3.04. The fraction of sp³-hybridized carbons (Fsp3) is 0.529. The van der Waals surface area contributed by atoms with E-state index < -0.39 is 0 Å². The lowest BCUT2D eigenvalue weighted by Gasteiger charge is -2.28. The molecule has 24 heavy (non-hydrogen) atoms. The van der Waals surface area contributed by atoms with E-state index in [9.17, 15) is 0 Å². The molecule has 1 aliphatic heterocycles. The zero-order chi connectivity index (χ0) is 16.9. The molecular formula is C17H21N5O2. The molecule has 1 unspecified atom stereocenters. The fourth-order valence-corrected chi connectivity index (χ4v) is 2.78. The quantitative estimate of drug-likeness (QED) is 0.901. The Labute approximate surface area is 141 Å². The Morgan fingerprint density at radius 3 is 2.71 bits per heavy atom. The first-order valence-corrected chi connectivity index (χ1v) is 8.22. The van der Waals surface area contributed by atoms with Gasteiger partial charge in [-0.05, 0) is 30.9 Å². The zero-order valence-corrected chi connectivity index (χ0v) is 13.9. The lowest BCUT2D eigenvalue weighted by molar-refractivity contribution is 0.0570.